The molecule has 0 amide bonds. The number of carboxylic acids is 1. The number of nitrogens with zero attached hydrogens (tertiary/aromatic N) is 2. The predicted octanol–water partition coefficient (Wildman–Crippen LogP) is 5.89. The number of aliphatic carboxylic acids is 1. The molecule has 4 aromatic rings. The lowest BCUT2D eigenvalue weighted by molar-refractivity contribution is -0.139. The summed E-state index contributed by atoms with van der Waals surface area (Å²) < 4.78 is 11.2. The van der Waals surface area contributed by atoms with Gasteiger partial charge >= 0.3 is 5.97 Å². The highest BCUT2D eigenvalue weighted by Crippen LogP contribution is 2.24. The zero-order valence-electron chi connectivity index (χ0n) is 20.5. The number of oxazole rings is 1. The molecule has 0 fully saturated rings. The second-order valence-corrected chi connectivity index (χ2v) is 8.52. The van der Waals surface area contributed by atoms with Crippen molar-refractivity contribution in [3.8, 4) is 17.2 Å². The molecule has 0 aliphatic carbocycles. The minimum Gasteiger partial charge on any atom is -0.482 e. The highest BCUT2D eigenvalue weighted by molar-refractivity contribution is 6.01. The number of hydrogen-bond acceptors (Lipinski definition) is 6. The summed E-state index contributed by atoms with van der Waals surface area (Å²) in [6.07, 6.45) is 0.558. The van der Waals surface area contributed by atoms with Crippen LogP contribution in [0.1, 0.15) is 33.7 Å². The van der Waals surface area contributed by atoms with Gasteiger partial charge < -0.3 is 19.1 Å². The van der Waals surface area contributed by atoms with E-state index in [1.165, 1.54) is 5.56 Å². The molecule has 36 heavy (non-hydrogen) atoms. The third kappa shape index (κ3) is 6.39. The van der Waals surface area contributed by atoms with Crippen molar-refractivity contribution in [2.75, 3.05) is 6.61 Å². The van der Waals surface area contributed by atoms with Gasteiger partial charge in [-0.25, -0.2) is 9.78 Å². The van der Waals surface area contributed by atoms with Crippen molar-refractivity contribution in [2.45, 2.75) is 33.8 Å². The van der Waals surface area contributed by atoms with Gasteiger partial charge in [0.1, 0.15) is 17.2 Å². The summed E-state index contributed by atoms with van der Waals surface area (Å²) in [5.41, 5.74) is 6.24. The average Bonchev–Trinajstić information content (AvgIpc) is 3.24. The van der Waals surface area contributed by atoms with E-state index in [1.807, 2.05) is 87.5 Å². The summed E-state index contributed by atoms with van der Waals surface area (Å²) in [5.74, 6) is 0.725. The van der Waals surface area contributed by atoms with Crippen molar-refractivity contribution in [3.05, 3.63) is 107 Å². The summed E-state index contributed by atoms with van der Waals surface area (Å²) in [5, 5.41) is 13.4. The lowest BCUT2D eigenvalue weighted by atomic mass is 10.0. The van der Waals surface area contributed by atoms with Gasteiger partial charge in [-0.3, -0.25) is 0 Å². The van der Waals surface area contributed by atoms with Gasteiger partial charge in [0.05, 0.1) is 5.71 Å². The molecular formula is C29H28N2O5. The molecule has 0 atom stereocenters. The van der Waals surface area contributed by atoms with Gasteiger partial charge in [0, 0.05) is 17.5 Å². The molecule has 0 aliphatic heterocycles. The molecule has 1 aromatic heterocycles. The van der Waals surface area contributed by atoms with E-state index in [0.29, 0.717) is 29.5 Å². The van der Waals surface area contributed by atoms with E-state index in [0.717, 1.165) is 28.0 Å². The number of hydrogen-bond donors (Lipinski definition) is 1. The zero-order chi connectivity index (χ0) is 25.5. The number of benzene rings is 3. The lowest BCUT2D eigenvalue weighted by Crippen LogP contribution is -2.11. The first-order valence-corrected chi connectivity index (χ1v) is 11.6. The summed E-state index contributed by atoms with van der Waals surface area (Å²) in [6.45, 7) is 5.53. The standard InChI is InChI=1S/C29H28N2O5/c1-19-9-11-23(12-10-19)29-30-26(21(3)36-29)17-35-31-25(16-22-7-5-4-6-8-22)24-13-14-27(20(2)15-24)34-18-28(32)33/h4-15H,16-18H2,1-3H3,(H,32,33)/b31-25+. The first-order chi connectivity index (χ1) is 17.4. The van der Waals surface area contributed by atoms with E-state index in [2.05, 4.69) is 10.1 Å². The van der Waals surface area contributed by atoms with E-state index in [-0.39, 0.29) is 6.61 Å². The predicted molar refractivity (Wildman–Crippen MR) is 137 cm³/mol. The number of rotatable bonds is 10. The quantitative estimate of drug-likeness (QED) is 0.223. The lowest BCUT2D eigenvalue weighted by Gasteiger charge is -2.11. The van der Waals surface area contributed by atoms with Crippen molar-refractivity contribution in [1.29, 1.82) is 0 Å². The third-order valence-electron chi connectivity index (χ3n) is 5.64. The van der Waals surface area contributed by atoms with Gasteiger partial charge in [0.2, 0.25) is 5.89 Å². The molecule has 0 unspecified atom stereocenters. The molecule has 184 valence electrons. The smallest absolute Gasteiger partial charge is 0.341 e. The molecule has 0 bridgehead atoms. The van der Waals surface area contributed by atoms with Gasteiger partial charge in [-0.2, -0.15) is 0 Å². The van der Waals surface area contributed by atoms with Gasteiger partial charge in [-0.1, -0.05) is 53.2 Å². The van der Waals surface area contributed by atoms with E-state index in [1.54, 1.807) is 6.07 Å². The largest absolute Gasteiger partial charge is 0.482 e. The van der Waals surface area contributed by atoms with Gasteiger partial charge in [0.25, 0.3) is 0 Å². The Hall–Kier alpha value is -4.39. The second-order valence-electron chi connectivity index (χ2n) is 8.52. The van der Waals surface area contributed by atoms with Crippen LogP contribution in [0, 0.1) is 20.8 Å². The Morgan fingerprint density at radius 2 is 1.75 bits per heavy atom. The molecule has 1 heterocycles. The molecule has 4 rings (SSSR count). The van der Waals surface area contributed by atoms with Crippen molar-refractivity contribution in [1.82, 2.24) is 4.98 Å². The maximum absolute atomic E-state index is 10.8. The SMILES string of the molecule is Cc1ccc(-c2nc(CO/N=C(\Cc3ccccc3)c3ccc(OCC(=O)O)c(C)c3)c(C)o2)cc1. The number of carbonyl (C=O) groups is 1. The highest BCUT2D eigenvalue weighted by atomic mass is 16.6. The molecule has 0 spiro atoms. The zero-order valence-corrected chi connectivity index (χ0v) is 20.5. The molecule has 3 aromatic carbocycles. The fourth-order valence-electron chi connectivity index (χ4n) is 3.66. The number of oxime groups is 1. The summed E-state index contributed by atoms with van der Waals surface area (Å²) >= 11 is 0. The normalized spacial score (nSPS) is 11.4. The van der Waals surface area contributed by atoms with Crippen molar-refractivity contribution in [2.24, 2.45) is 5.16 Å². The van der Waals surface area contributed by atoms with Crippen LogP contribution in [-0.2, 0) is 22.7 Å². The van der Waals surface area contributed by atoms with Crippen molar-refractivity contribution in [3.63, 3.8) is 0 Å². The minimum absolute atomic E-state index is 0.165. The molecule has 0 saturated heterocycles. The van der Waals surface area contributed by atoms with E-state index >= 15 is 0 Å². The van der Waals surface area contributed by atoms with Crippen molar-refractivity contribution < 1.29 is 23.9 Å². The van der Waals surface area contributed by atoms with E-state index < -0.39 is 12.6 Å². The fourth-order valence-corrected chi connectivity index (χ4v) is 3.66. The second kappa shape index (κ2) is 11.4. The summed E-state index contributed by atoms with van der Waals surface area (Å²) in [4.78, 5) is 21.2. The molecule has 7 heteroatoms. The van der Waals surface area contributed by atoms with Crippen LogP contribution in [-0.4, -0.2) is 28.4 Å². The maximum atomic E-state index is 10.8. The first kappa shape index (κ1) is 24.7. The van der Waals surface area contributed by atoms with Crippen molar-refractivity contribution >= 4 is 11.7 Å². The Morgan fingerprint density at radius 3 is 2.44 bits per heavy atom. The molecule has 0 radical (unpaired) electrons. The van der Waals surface area contributed by atoms with E-state index in [9.17, 15) is 4.79 Å². The Kier molecular flexibility index (Phi) is 7.80. The maximum Gasteiger partial charge on any atom is 0.341 e. The molecular weight excluding hydrogens is 456 g/mol. The fraction of sp³-hybridized carbons (Fsp3) is 0.207. The number of ether oxygens (including phenoxy) is 1. The monoisotopic (exact) mass is 484 g/mol. The van der Waals surface area contributed by atoms with Crippen LogP contribution in [0.3, 0.4) is 0 Å². The van der Waals surface area contributed by atoms with Gasteiger partial charge in [-0.15, -0.1) is 0 Å². The van der Waals surface area contributed by atoms with Crippen LogP contribution in [0.5, 0.6) is 5.75 Å². The topological polar surface area (TPSA) is 94.2 Å². The summed E-state index contributed by atoms with van der Waals surface area (Å²) in [6, 6.07) is 23.5. The van der Waals surface area contributed by atoms with E-state index in [4.69, 9.17) is 19.1 Å². The number of aryl methyl sites for hydroxylation is 3. The Labute approximate surface area is 210 Å². The molecule has 1 N–H and O–H groups in total. The number of aromatic nitrogens is 1. The molecule has 0 aliphatic rings. The summed E-state index contributed by atoms with van der Waals surface area (Å²) in [7, 11) is 0. The van der Waals surface area contributed by atoms with Gasteiger partial charge in [-0.05, 0) is 62.2 Å². The Bertz CT molecular complexity index is 1360. The molecule has 7 nitrogen and oxygen atoms in total. The van der Waals surface area contributed by atoms with Crippen LogP contribution in [0.25, 0.3) is 11.5 Å². The third-order valence-corrected chi connectivity index (χ3v) is 5.64. The average molecular weight is 485 g/mol. The highest BCUT2D eigenvalue weighted by Gasteiger charge is 2.14. The van der Waals surface area contributed by atoms with Gasteiger partial charge in [0.15, 0.2) is 13.2 Å². The van der Waals surface area contributed by atoms with Crippen LogP contribution < -0.4 is 4.74 Å². The Morgan fingerprint density at radius 1 is 1.00 bits per heavy atom. The minimum atomic E-state index is -1.02. The molecule has 0 saturated carbocycles. The van der Waals surface area contributed by atoms with Crippen LogP contribution >= 0.6 is 0 Å². The Balaban J connectivity index is 1.54. The van der Waals surface area contributed by atoms with Crippen LogP contribution in [0.15, 0.2) is 82.4 Å². The van der Waals surface area contributed by atoms with Crippen LogP contribution in [0.4, 0.5) is 0 Å². The number of carboxylic acid groups (broad SMARTS) is 1. The first-order valence-electron chi connectivity index (χ1n) is 11.6. The van der Waals surface area contributed by atoms with Crippen LogP contribution in [0.2, 0.25) is 0 Å².